The van der Waals surface area contributed by atoms with Gasteiger partial charge in [0, 0.05) is 50.4 Å². The maximum Gasteiger partial charge on any atom is 0.242 e. The Labute approximate surface area is 404 Å². The minimum Gasteiger partial charge on any atom is -0.510 e. The second kappa shape index (κ2) is 14.6. The second-order valence-corrected chi connectivity index (χ2v) is 22.5. The Morgan fingerprint density at radius 1 is 0.591 bits per heavy atom. The first-order valence-electron chi connectivity index (χ1n) is 23.0. The zero-order chi connectivity index (χ0) is 45.7. The molecular weight excluding hydrogens is 990 g/mol. The van der Waals surface area contributed by atoms with Gasteiger partial charge in [-0.3, -0.25) is 0 Å². The number of nitrogens with zero attached hydrogens (tertiary/aromatic N) is 5. The molecule has 1 aliphatic heterocycles. The molecule has 0 saturated carbocycles. The quantitative estimate of drug-likeness (QED) is 0.131. The van der Waals surface area contributed by atoms with Crippen molar-refractivity contribution in [3.8, 4) is 34.1 Å². The van der Waals surface area contributed by atoms with Crippen molar-refractivity contribution in [3.05, 3.63) is 172 Å². The summed E-state index contributed by atoms with van der Waals surface area (Å²) < 4.78 is 13.3. The smallest absolute Gasteiger partial charge is 0.242 e. The number of aromatic nitrogens is 5. The van der Waals surface area contributed by atoms with E-state index in [0.717, 1.165) is 44.5 Å². The van der Waals surface area contributed by atoms with Crippen molar-refractivity contribution in [3.63, 3.8) is 0 Å². The molecule has 6 nitrogen and oxygen atoms in total. The van der Waals surface area contributed by atoms with Crippen LogP contribution in [0.4, 0.5) is 0 Å². The van der Waals surface area contributed by atoms with E-state index < -0.39 is 5.41 Å². The molecule has 2 aliphatic rings. The van der Waals surface area contributed by atoms with Crippen molar-refractivity contribution in [2.24, 2.45) is 7.05 Å². The Bertz CT molecular complexity index is 3370. The molecule has 0 unspecified atom stereocenters. The van der Waals surface area contributed by atoms with Crippen molar-refractivity contribution < 1.29 is 30.4 Å². The van der Waals surface area contributed by atoms with Crippen LogP contribution in [0.2, 0.25) is 0 Å². The normalized spacial score (nSPS) is 14.1. The summed E-state index contributed by atoms with van der Waals surface area (Å²) in [5, 5.41) is 2.06. The van der Waals surface area contributed by atoms with Gasteiger partial charge in [-0.1, -0.05) is 149 Å². The molecule has 11 rings (SSSR count). The van der Waals surface area contributed by atoms with E-state index in [4.69, 9.17) is 14.7 Å². The van der Waals surface area contributed by atoms with E-state index >= 15 is 0 Å². The predicted molar refractivity (Wildman–Crippen MR) is 263 cm³/mol. The maximum atomic E-state index is 6.88. The molecule has 0 radical (unpaired) electrons. The number of imidazole rings is 1. The van der Waals surface area contributed by atoms with Crippen molar-refractivity contribution >= 4 is 33.0 Å². The molecule has 0 atom stereocenters. The summed E-state index contributed by atoms with van der Waals surface area (Å²) in [6.45, 7) is 28.4. The first-order chi connectivity index (χ1) is 30.7. The van der Waals surface area contributed by atoms with E-state index in [9.17, 15) is 0 Å². The molecule has 0 fully saturated rings. The maximum absolute atomic E-state index is 6.88. The summed E-state index contributed by atoms with van der Waals surface area (Å²) in [5.41, 5.74) is 16.9. The number of benzene rings is 5. The van der Waals surface area contributed by atoms with E-state index in [2.05, 4.69) is 189 Å². The van der Waals surface area contributed by atoms with Crippen molar-refractivity contribution in [2.75, 3.05) is 0 Å². The third-order valence-corrected chi connectivity index (χ3v) is 14.0. The first kappa shape index (κ1) is 44.0. The average molecular weight is 1050 g/mol. The minimum atomic E-state index is -0.691. The van der Waals surface area contributed by atoms with Gasteiger partial charge in [0.1, 0.15) is 11.5 Å². The van der Waals surface area contributed by atoms with Gasteiger partial charge in [0.05, 0.1) is 18.1 Å². The Hall–Kier alpha value is -5.84. The third-order valence-electron chi connectivity index (χ3n) is 14.0. The van der Waals surface area contributed by atoms with Crippen LogP contribution in [0.3, 0.4) is 0 Å². The predicted octanol–water partition coefficient (Wildman–Crippen LogP) is 13.4. The number of rotatable bonds is 3. The van der Waals surface area contributed by atoms with Crippen molar-refractivity contribution in [1.29, 1.82) is 0 Å². The van der Waals surface area contributed by atoms with Crippen molar-refractivity contribution in [1.82, 2.24) is 19.1 Å². The summed E-state index contributed by atoms with van der Waals surface area (Å²) >= 11 is 0. The van der Waals surface area contributed by atoms with Gasteiger partial charge in [0.25, 0.3) is 0 Å². The van der Waals surface area contributed by atoms with Crippen LogP contribution < -0.4 is 9.30 Å². The summed E-state index contributed by atoms with van der Waals surface area (Å²) in [5.74, 6) is 1.95. The van der Waals surface area contributed by atoms with Gasteiger partial charge < -0.3 is 18.4 Å². The van der Waals surface area contributed by atoms with Gasteiger partial charge in [0.15, 0.2) is 0 Å². The van der Waals surface area contributed by atoms with E-state index in [1.54, 1.807) is 0 Å². The molecule has 0 amide bonds. The number of aryl methyl sites for hydroxylation is 1. The van der Waals surface area contributed by atoms with Gasteiger partial charge in [-0.2, -0.15) is 12.1 Å². The average Bonchev–Trinajstić information content (AvgIpc) is 3.87. The first-order valence-corrected chi connectivity index (χ1v) is 23.0. The summed E-state index contributed by atoms with van der Waals surface area (Å²) in [7, 11) is 2.10. The molecular formula is C59H57N5OPt-2. The SMILES string of the molecule is C[n+]1[c-]n2c3c(cccc31)C1(c3ccc(Oc4[c-]c5c(cc4)c4cccnc4n5-c4ccccn4)[c-]c3-2)c2c(cc(C(C)(C)C)cc2C(C)(C)C)-c2cc(C(C)(C)C)cc(C(C)(C)C)c21.[Pt]. The van der Waals surface area contributed by atoms with Crippen LogP contribution in [-0.2, 0) is 55.2 Å². The fourth-order valence-corrected chi connectivity index (χ4v) is 10.8. The number of ether oxygens (including phenoxy) is 1. The zero-order valence-corrected chi connectivity index (χ0v) is 42.6. The monoisotopic (exact) mass is 1050 g/mol. The van der Waals surface area contributed by atoms with Crippen molar-refractivity contribution in [2.45, 2.75) is 110 Å². The Kier molecular flexibility index (Phi) is 9.72. The van der Waals surface area contributed by atoms with Crippen LogP contribution in [0.1, 0.15) is 128 Å². The number of pyridine rings is 2. The van der Waals surface area contributed by atoms with E-state index in [1.165, 1.54) is 55.6 Å². The van der Waals surface area contributed by atoms with Gasteiger partial charge in [-0.05, 0) is 95.3 Å². The molecule has 336 valence electrons. The molecule has 5 aromatic carbocycles. The standard InChI is InChI=1S/C59H57N5O.Pt/c1-55(2,3)35-28-41-42-29-36(56(4,5)6)31-46(58(10,11)12)52(42)59(51(41)45(30-35)57(7,8)9)43-25-23-38(33-49(43)63-34-62(13)47-20-16-19-44(59)53(47)63)65-37-22-24-39-40-18-17-27-61-54(40)64(48(39)32-37)50-21-14-15-26-60-50;/h14-31H,1-13H3;/q-2;. The summed E-state index contributed by atoms with van der Waals surface area (Å²) in [4.78, 5) is 9.50. The van der Waals surface area contributed by atoms with Crippen LogP contribution in [0.25, 0.3) is 55.6 Å². The molecule has 9 aromatic rings. The molecule has 66 heavy (non-hydrogen) atoms. The van der Waals surface area contributed by atoms with Gasteiger partial charge in [0.2, 0.25) is 6.33 Å². The molecule has 1 aliphatic carbocycles. The molecule has 1 spiro atoms. The molecule has 0 N–H and O–H groups in total. The largest absolute Gasteiger partial charge is 0.510 e. The van der Waals surface area contributed by atoms with Gasteiger partial charge >= 0.3 is 0 Å². The summed E-state index contributed by atoms with van der Waals surface area (Å²) in [6.07, 6.45) is 7.36. The van der Waals surface area contributed by atoms with E-state index in [1.807, 2.05) is 42.7 Å². The fourth-order valence-electron chi connectivity index (χ4n) is 10.8. The summed E-state index contributed by atoms with van der Waals surface area (Å²) in [6, 6.07) is 43.0. The van der Waals surface area contributed by atoms with Crippen LogP contribution in [0.5, 0.6) is 11.5 Å². The minimum absolute atomic E-state index is 0. The Morgan fingerprint density at radius 3 is 1.82 bits per heavy atom. The number of fused-ring (bicyclic) bond motifs is 12. The molecule has 7 heteroatoms. The number of hydrogen-bond acceptors (Lipinski definition) is 3. The third kappa shape index (κ3) is 6.34. The van der Waals surface area contributed by atoms with E-state index in [-0.39, 0.29) is 42.7 Å². The molecule has 4 aromatic heterocycles. The van der Waals surface area contributed by atoms with Crippen LogP contribution in [0, 0.1) is 18.5 Å². The zero-order valence-electron chi connectivity index (χ0n) is 40.4. The Morgan fingerprint density at radius 2 is 1.21 bits per heavy atom. The number of para-hydroxylation sites is 1. The van der Waals surface area contributed by atoms with Crippen LogP contribution >= 0.6 is 0 Å². The van der Waals surface area contributed by atoms with Crippen LogP contribution in [0.15, 0.2) is 109 Å². The fraction of sp³-hybridized carbons (Fsp3) is 0.305. The topological polar surface area (TPSA) is 48.8 Å². The molecule has 5 heterocycles. The van der Waals surface area contributed by atoms with Crippen LogP contribution in [-0.4, -0.2) is 19.1 Å². The molecule has 0 bridgehead atoms. The Balaban J connectivity index is 0.00000511. The van der Waals surface area contributed by atoms with Gasteiger partial charge in [-0.15, -0.1) is 35.2 Å². The molecule has 0 saturated heterocycles. The van der Waals surface area contributed by atoms with E-state index in [0.29, 0.717) is 11.5 Å². The van der Waals surface area contributed by atoms with Gasteiger partial charge in [-0.25, -0.2) is 9.97 Å². The number of hydrogen-bond donors (Lipinski definition) is 0. The second-order valence-electron chi connectivity index (χ2n) is 22.5.